The summed E-state index contributed by atoms with van der Waals surface area (Å²) in [5, 5.41) is 14.0. The van der Waals surface area contributed by atoms with Gasteiger partial charge in [-0.1, -0.05) is 24.2 Å². The van der Waals surface area contributed by atoms with Gasteiger partial charge in [0.05, 0.1) is 10.9 Å². The Balaban J connectivity index is 2.43. The largest absolute Gasteiger partial charge is 0.278 e. The van der Waals surface area contributed by atoms with Gasteiger partial charge in [0.1, 0.15) is 5.82 Å². The van der Waals surface area contributed by atoms with Crippen molar-refractivity contribution in [2.45, 2.75) is 13.3 Å². The normalized spacial score (nSPS) is 10.9. The van der Waals surface area contributed by atoms with Gasteiger partial charge in [-0.3, -0.25) is 4.79 Å². The number of hydrogen-bond donors (Lipinski definition) is 1. The van der Waals surface area contributed by atoms with Crippen LogP contribution in [0.2, 0.25) is 0 Å². The van der Waals surface area contributed by atoms with Gasteiger partial charge in [-0.05, 0) is 17.3 Å². The van der Waals surface area contributed by atoms with Gasteiger partial charge in [-0.2, -0.15) is 5.21 Å². The fraction of sp³-hybridized carbons (Fsp3) is 0.182. The zero-order valence-corrected chi connectivity index (χ0v) is 9.66. The third-order valence-corrected chi connectivity index (χ3v) is 2.70. The highest BCUT2D eigenvalue weighted by atomic mass is 16.1. The van der Waals surface area contributed by atoms with E-state index in [0.29, 0.717) is 23.1 Å². The number of rotatable bonds is 2. The molecule has 3 rings (SSSR count). The number of nitrogens with zero attached hydrogens (tertiary/aromatic N) is 5. The van der Waals surface area contributed by atoms with E-state index in [9.17, 15) is 4.79 Å². The van der Waals surface area contributed by atoms with Crippen molar-refractivity contribution in [1.82, 2.24) is 30.2 Å². The van der Waals surface area contributed by atoms with Crippen LogP contribution in [0.25, 0.3) is 16.9 Å². The van der Waals surface area contributed by atoms with Crippen molar-refractivity contribution in [3.8, 4) is 5.95 Å². The number of tetrazole rings is 1. The SMILES string of the molecule is CCc1nc2ccccc2c(=O)n1-c1nn[nH]n1. The Bertz CT molecular complexity index is 746. The molecule has 18 heavy (non-hydrogen) atoms. The fourth-order valence-corrected chi connectivity index (χ4v) is 1.87. The lowest BCUT2D eigenvalue weighted by Gasteiger charge is -2.07. The first-order valence-electron chi connectivity index (χ1n) is 5.55. The topological polar surface area (TPSA) is 89.4 Å². The summed E-state index contributed by atoms with van der Waals surface area (Å²) in [6.07, 6.45) is 0.606. The minimum atomic E-state index is -0.182. The van der Waals surface area contributed by atoms with E-state index in [2.05, 4.69) is 25.6 Å². The number of aromatic amines is 1. The summed E-state index contributed by atoms with van der Waals surface area (Å²) in [6.45, 7) is 1.92. The molecule has 0 aliphatic carbocycles. The van der Waals surface area contributed by atoms with Crippen LogP contribution in [0.1, 0.15) is 12.7 Å². The van der Waals surface area contributed by atoms with E-state index >= 15 is 0 Å². The molecule has 3 aromatic rings. The summed E-state index contributed by atoms with van der Waals surface area (Å²) in [4.78, 5) is 16.9. The molecule has 0 saturated carbocycles. The van der Waals surface area contributed by atoms with Gasteiger partial charge in [-0.25, -0.2) is 9.55 Å². The third kappa shape index (κ3) is 1.48. The minimum Gasteiger partial charge on any atom is -0.268 e. The lowest BCUT2D eigenvalue weighted by atomic mass is 10.2. The highest BCUT2D eigenvalue weighted by Gasteiger charge is 2.13. The summed E-state index contributed by atoms with van der Waals surface area (Å²) < 4.78 is 1.38. The van der Waals surface area contributed by atoms with E-state index in [4.69, 9.17) is 0 Å². The van der Waals surface area contributed by atoms with Gasteiger partial charge in [0, 0.05) is 6.42 Å². The summed E-state index contributed by atoms with van der Waals surface area (Å²) in [7, 11) is 0. The molecule has 1 aromatic carbocycles. The second-order valence-corrected chi connectivity index (χ2v) is 3.75. The van der Waals surface area contributed by atoms with Gasteiger partial charge < -0.3 is 0 Å². The number of hydrogen-bond acceptors (Lipinski definition) is 5. The quantitative estimate of drug-likeness (QED) is 0.705. The van der Waals surface area contributed by atoms with E-state index < -0.39 is 0 Å². The molecule has 90 valence electrons. The molecular formula is C11H10N6O. The van der Waals surface area contributed by atoms with Gasteiger partial charge in [0.25, 0.3) is 11.5 Å². The van der Waals surface area contributed by atoms with Crippen LogP contribution in [0, 0.1) is 0 Å². The summed E-state index contributed by atoms with van der Waals surface area (Å²) in [6, 6.07) is 7.21. The molecule has 0 unspecified atom stereocenters. The number of benzene rings is 1. The lowest BCUT2D eigenvalue weighted by molar-refractivity contribution is 0.789. The van der Waals surface area contributed by atoms with Crippen LogP contribution in [0.3, 0.4) is 0 Å². The van der Waals surface area contributed by atoms with E-state index in [1.807, 2.05) is 19.1 Å². The van der Waals surface area contributed by atoms with Gasteiger partial charge >= 0.3 is 0 Å². The highest BCUT2D eigenvalue weighted by Crippen LogP contribution is 2.10. The Morgan fingerprint density at radius 3 is 2.89 bits per heavy atom. The van der Waals surface area contributed by atoms with E-state index in [-0.39, 0.29) is 11.5 Å². The van der Waals surface area contributed by atoms with Crippen LogP contribution in [-0.4, -0.2) is 30.2 Å². The molecule has 7 nitrogen and oxygen atoms in total. The molecule has 2 heterocycles. The van der Waals surface area contributed by atoms with Crippen molar-refractivity contribution in [3.05, 3.63) is 40.4 Å². The van der Waals surface area contributed by atoms with Crippen LogP contribution in [0.15, 0.2) is 29.1 Å². The number of aryl methyl sites for hydroxylation is 1. The molecule has 0 saturated heterocycles. The second-order valence-electron chi connectivity index (χ2n) is 3.75. The van der Waals surface area contributed by atoms with Crippen molar-refractivity contribution in [1.29, 1.82) is 0 Å². The predicted octanol–water partition coefficient (Wildman–Crippen LogP) is 0.461. The Kier molecular flexibility index (Phi) is 2.36. The zero-order chi connectivity index (χ0) is 12.5. The van der Waals surface area contributed by atoms with Crippen molar-refractivity contribution in [2.24, 2.45) is 0 Å². The molecule has 0 bridgehead atoms. The first kappa shape index (κ1) is 10.6. The van der Waals surface area contributed by atoms with E-state index in [1.54, 1.807) is 12.1 Å². The van der Waals surface area contributed by atoms with Crippen molar-refractivity contribution in [3.63, 3.8) is 0 Å². The molecule has 7 heteroatoms. The standard InChI is InChI=1S/C11H10N6O/c1-2-9-12-8-6-4-3-5-7(8)10(18)17(9)11-13-15-16-14-11/h3-6H,2H2,1H3,(H,13,14,15,16). The Morgan fingerprint density at radius 2 is 2.17 bits per heavy atom. The molecular weight excluding hydrogens is 232 g/mol. The molecule has 0 aliphatic rings. The molecule has 0 aliphatic heterocycles. The maximum absolute atomic E-state index is 12.4. The molecule has 0 fully saturated rings. The third-order valence-electron chi connectivity index (χ3n) is 2.70. The number of aromatic nitrogens is 6. The Hall–Kier alpha value is -2.57. The van der Waals surface area contributed by atoms with Crippen molar-refractivity contribution >= 4 is 10.9 Å². The molecule has 0 atom stereocenters. The van der Waals surface area contributed by atoms with Crippen LogP contribution in [0.5, 0.6) is 0 Å². The summed E-state index contributed by atoms with van der Waals surface area (Å²) >= 11 is 0. The maximum Gasteiger partial charge on any atom is 0.278 e. The average molecular weight is 242 g/mol. The molecule has 0 amide bonds. The van der Waals surface area contributed by atoms with Crippen molar-refractivity contribution in [2.75, 3.05) is 0 Å². The van der Waals surface area contributed by atoms with Gasteiger partial charge in [-0.15, -0.1) is 5.10 Å². The monoisotopic (exact) mass is 242 g/mol. The number of para-hydroxylation sites is 1. The molecule has 0 radical (unpaired) electrons. The minimum absolute atomic E-state index is 0.182. The molecule has 2 aromatic heterocycles. The summed E-state index contributed by atoms with van der Waals surface area (Å²) in [5.41, 5.74) is 0.498. The van der Waals surface area contributed by atoms with Crippen LogP contribution < -0.4 is 5.56 Å². The smallest absolute Gasteiger partial charge is 0.268 e. The fourth-order valence-electron chi connectivity index (χ4n) is 1.87. The molecule has 1 N–H and O–H groups in total. The van der Waals surface area contributed by atoms with Gasteiger partial charge in [0.2, 0.25) is 0 Å². The number of fused-ring (bicyclic) bond motifs is 1. The van der Waals surface area contributed by atoms with Crippen LogP contribution in [0.4, 0.5) is 0 Å². The lowest BCUT2D eigenvalue weighted by Crippen LogP contribution is -2.24. The van der Waals surface area contributed by atoms with E-state index in [0.717, 1.165) is 0 Å². The Labute approximate surface area is 101 Å². The number of nitrogens with one attached hydrogen (secondary N) is 1. The zero-order valence-electron chi connectivity index (χ0n) is 9.66. The summed E-state index contributed by atoms with van der Waals surface area (Å²) in [5.74, 6) is 0.829. The predicted molar refractivity (Wildman–Crippen MR) is 64.5 cm³/mol. The maximum atomic E-state index is 12.4. The number of H-pyrrole nitrogens is 1. The average Bonchev–Trinajstić information content (AvgIpc) is 2.92. The second kappa shape index (κ2) is 4.02. The first-order valence-corrected chi connectivity index (χ1v) is 5.55. The van der Waals surface area contributed by atoms with Gasteiger partial charge in [0.15, 0.2) is 0 Å². The highest BCUT2D eigenvalue weighted by molar-refractivity contribution is 5.77. The van der Waals surface area contributed by atoms with Crippen LogP contribution >= 0.6 is 0 Å². The van der Waals surface area contributed by atoms with Crippen molar-refractivity contribution < 1.29 is 0 Å². The first-order chi connectivity index (χ1) is 8.81. The molecule has 0 spiro atoms. The van der Waals surface area contributed by atoms with E-state index in [1.165, 1.54) is 4.57 Å². The Morgan fingerprint density at radius 1 is 1.33 bits per heavy atom. The van der Waals surface area contributed by atoms with Crippen LogP contribution in [-0.2, 0) is 6.42 Å².